The molecule has 1 spiro atoms. The molecule has 1 heterocycles. The lowest BCUT2D eigenvalue weighted by atomic mass is 9.77. The summed E-state index contributed by atoms with van der Waals surface area (Å²) in [5.41, 5.74) is 3.06. The van der Waals surface area contributed by atoms with Gasteiger partial charge in [-0.05, 0) is 44.1 Å². The Hall–Kier alpha value is -1.51. The number of rotatable bonds is 2. The summed E-state index contributed by atoms with van der Waals surface area (Å²) in [6.45, 7) is 3.65. The van der Waals surface area contributed by atoms with Crippen LogP contribution in [-0.2, 0) is 6.42 Å². The minimum atomic E-state index is -0.757. The molecule has 1 saturated carbocycles. The summed E-state index contributed by atoms with van der Waals surface area (Å²) >= 11 is 0. The molecule has 3 heteroatoms. The Balaban J connectivity index is 1.57. The van der Waals surface area contributed by atoms with Crippen LogP contribution in [0.2, 0.25) is 0 Å². The van der Waals surface area contributed by atoms with E-state index in [0.29, 0.717) is 5.41 Å². The highest BCUT2D eigenvalue weighted by molar-refractivity contribution is 5.66. The average Bonchev–Trinajstić information content (AvgIpc) is 2.71. The van der Waals surface area contributed by atoms with Gasteiger partial charge in [0.2, 0.25) is 0 Å². The summed E-state index contributed by atoms with van der Waals surface area (Å²) in [5, 5.41) is 8.93. The van der Waals surface area contributed by atoms with Crippen molar-refractivity contribution in [2.45, 2.75) is 32.6 Å². The number of hydrogen-bond acceptors (Lipinski definition) is 1. The van der Waals surface area contributed by atoms with Crippen LogP contribution in [-0.4, -0.2) is 29.2 Å². The van der Waals surface area contributed by atoms with Crippen LogP contribution < -0.4 is 0 Å². The molecule has 1 saturated heterocycles. The van der Waals surface area contributed by atoms with Crippen molar-refractivity contribution >= 4 is 6.09 Å². The number of aryl methyl sites for hydroxylation is 1. The Bertz CT molecular complexity index is 491. The van der Waals surface area contributed by atoms with E-state index in [9.17, 15) is 4.79 Å². The van der Waals surface area contributed by atoms with Gasteiger partial charge in [-0.25, -0.2) is 4.79 Å². The molecule has 2 aliphatic rings. The highest BCUT2D eigenvalue weighted by atomic mass is 16.4. The number of benzene rings is 1. The van der Waals surface area contributed by atoms with Gasteiger partial charge < -0.3 is 10.0 Å². The SMILES string of the molecule is Cc1cccc(CC2CCC3(C2)CN(C(=O)O)C3)c1. The normalized spacial score (nSPS) is 24.5. The van der Waals surface area contributed by atoms with Crippen molar-refractivity contribution in [1.29, 1.82) is 0 Å². The third kappa shape index (κ3) is 2.46. The molecule has 0 radical (unpaired) electrons. The van der Waals surface area contributed by atoms with Gasteiger partial charge in [0.1, 0.15) is 0 Å². The van der Waals surface area contributed by atoms with Crippen molar-refractivity contribution in [3.63, 3.8) is 0 Å². The lowest BCUT2D eigenvalue weighted by Crippen LogP contribution is -2.56. The van der Waals surface area contributed by atoms with Gasteiger partial charge in [0.05, 0.1) is 0 Å². The van der Waals surface area contributed by atoms with E-state index in [1.54, 1.807) is 4.90 Å². The Labute approximate surface area is 114 Å². The van der Waals surface area contributed by atoms with E-state index in [1.165, 1.54) is 30.4 Å². The molecule has 1 amide bonds. The van der Waals surface area contributed by atoms with Gasteiger partial charge >= 0.3 is 6.09 Å². The van der Waals surface area contributed by atoms with Gasteiger partial charge in [0, 0.05) is 18.5 Å². The molecule has 102 valence electrons. The van der Waals surface area contributed by atoms with Crippen LogP contribution in [0.25, 0.3) is 0 Å². The number of amides is 1. The van der Waals surface area contributed by atoms with Crippen molar-refractivity contribution in [3.8, 4) is 0 Å². The molecule has 3 nitrogen and oxygen atoms in total. The fourth-order valence-electron chi connectivity index (χ4n) is 3.86. The summed E-state index contributed by atoms with van der Waals surface area (Å²) in [6.07, 6.45) is 4.04. The number of likely N-dealkylation sites (tertiary alicyclic amines) is 1. The fraction of sp³-hybridized carbons (Fsp3) is 0.562. The monoisotopic (exact) mass is 259 g/mol. The van der Waals surface area contributed by atoms with Crippen molar-refractivity contribution in [2.24, 2.45) is 11.3 Å². The molecule has 1 aromatic carbocycles. The summed E-state index contributed by atoms with van der Waals surface area (Å²) in [6, 6.07) is 8.75. The minimum Gasteiger partial charge on any atom is -0.465 e. The molecule has 3 rings (SSSR count). The standard InChI is InChI=1S/C16H21NO2/c1-12-3-2-4-13(7-12)8-14-5-6-16(9-14)10-17(11-16)15(18)19/h2-4,7,14H,5-6,8-11H2,1H3,(H,18,19). The lowest BCUT2D eigenvalue weighted by Gasteiger charge is -2.46. The highest BCUT2D eigenvalue weighted by Gasteiger charge is 2.49. The number of carboxylic acid groups (broad SMARTS) is 1. The molecule has 1 aromatic rings. The Morgan fingerprint density at radius 2 is 2.26 bits per heavy atom. The Morgan fingerprint density at radius 3 is 2.95 bits per heavy atom. The zero-order valence-corrected chi connectivity index (χ0v) is 11.4. The third-order valence-corrected chi connectivity index (χ3v) is 4.73. The Kier molecular flexibility index (Phi) is 3.00. The topological polar surface area (TPSA) is 40.5 Å². The maximum Gasteiger partial charge on any atom is 0.407 e. The van der Waals surface area contributed by atoms with Crippen molar-refractivity contribution in [2.75, 3.05) is 13.1 Å². The van der Waals surface area contributed by atoms with Crippen LogP contribution in [0, 0.1) is 18.3 Å². The largest absolute Gasteiger partial charge is 0.465 e. The zero-order chi connectivity index (χ0) is 13.5. The van der Waals surface area contributed by atoms with E-state index in [0.717, 1.165) is 25.4 Å². The first-order chi connectivity index (χ1) is 9.06. The molecule has 1 aliphatic heterocycles. The van der Waals surface area contributed by atoms with Gasteiger partial charge in [0.15, 0.2) is 0 Å². The molecule has 2 fully saturated rings. The molecule has 1 atom stereocenters. The highest BCUT2D eigenvalue weighted by Crippen LogP contribution is 2.49. The second kappa shape index (κ2) is 4.55. The first-order valence-corrected chi connectivity index (χ1v) is 7.10. The van der Waals surface area contributed by atoms with Gasteiger partial charge in [-0.1, -0.05) is 29.8 Å². The predicted octanol–water partition coefficient (Wildman–Crippen LogP) is 3.32. The maximum atomic E-state index is 10.9. The van der Waals surface area contributed by atoms with Crippen LogP contribution in [0.3, 0.4) is 0 Å². The van der Waals surface area contributed by atoms with Crippen LogP contribution in [0.5, 0.6) is 0 Å². The van der Waals surface area contributed by atoms with E-state index >= 15 is 0 Å². The van der Waals surface area contributed by atoms with E-state index in [1.807, 2.05) is 0 Å². The van der Waals surface area contributed by atoms with Gasteiger partial charge in [-0.3, -0.25) is 0 Å². The van der Waals surface area contributed by atoms with E-state index < -0.39 is 6.09 Å². The van der Waals surface area contributed by atoms with E-state index in [2.05, 4.69) is 31.2 Å². The molecular weight excluding hydrogens is 238 g/mol. The van der Waals surface area contributed by atoms with Gasteiger partial charge in [-0.15, -0.1) is 0 Å². The van der Waals surface area contributed by atoms with Crippen molar-refractivity contribution in [3.05, 3.63) is 35.4 Å². The maximum absolute atomic E-state index is 10.9. The summed E-state index contributed by atoms with van der Waals surface area (Å²) in [4.78, 5) is 12.4. The molecule has 0 aromatic heterocycles. The molecule has 1 aliphatic carbocycles. The number of nitrogens with zero attached hydrogens (tertiary/aromatic N) is 1. The second-order valence-corrected chi connectivity index (χ2v) is 6.44. The number of hydrogen-bond donors (Lipinski definition) is 1. The molecule has 0 bridgehead atoms. The van der Waals surface area contributed by atoms with E-state index in [-0.39, 0.29) is 0 Å². The van der Waals surface area contributed by atoms with E-state index in [4.69, 9.17) is 5.11 Å². The quantitative estimate of drug-likeness (QED) is 0.885. The second-order valence-electron chi connectivity index (χ2n) is 6.44. The average molecular weight is 259 g/mol. The molecule has 1 unspecified atom stereocenters. The third-order valence-electron chi connectivity index (χ3n) is 4.73. The smallest absolute Gasteiger partial charge is 0.407 e. The van der Waals surface area contributed by atoms with Crippen molar-refractivity contribution < 1.29 is 9.90 Å². The lowest BCUT2D eigenvalue weighted by molar-refractivity contribution is 0.0124. The summed E-state index contributed by atoms with van der Waals surface area (Å²) < 4.78 is 0. The van der Waals surface area contributed by atoms with Crippen LogP contribution in [0.15, 0.2) is 24.3 Å². The minimum absolute atomic E-state index is 0.312. The Morgan fingerprint density at radius 1 is 1.47 bits per heavy atom. The van der Waals surface area contributed by atoms with Gasteiger partial charge in [0.25, 0.3) is 0 Å². The predicted molar refractivity (Wildman–Crippen MR) is 74.3 cm³/mol. The van der Waals surface area contributed by atoms with Crippen molar-refractivity contribution in [1.82, 2.24) is 4.90 Å². The first kappa shape index (κ1) is 12.5. The zero-order valence-electron chi connectivity index (χ0n) is 11.4. The molecule has 19 heavy (non-hydrogen) atoms. The summed E-state index contributed by atoms with van der Waals surface area (Å²) in [7, 11) is 0. The first-order valence-electron chi connectivity index (χ1n) is 7.10. The summed E-state index contributed by atoms with van der Waals surface area (Å²) in [5.74, 6) is 0.734. The molecular formula is C16H21NO2. The van der Waals surface area contributed by atoms with Crippen LogP contribution in [0.4, 0.5) is 4.79 Å². The fourth-order valence-corrected chi connectivity index (χ4v) is 3.86. The van der Waals surface area contributed by atoms with Gasteiger partial charge in [-0.2, -0.15) is 0 Å². The molecule has 1 N–H and O–H groups in total. The van der Waals surface area contributed by atoms with Crippen LogP contribution in [0.1, 0.15) is 30.4 Å². The van der Waals surface area contributed by atoms with Crippen LogP contribution >= 0.6 is 0 Å². The number of carbonyl (C=O) groups is 1.